The van der Waals surface area contributed by atoms with Crippen LogP contribution in [0.2, 0.25) is 0 Å². The number of anilines is 1. The summed E-state index contributed by atoms with van der Waals surface area (Å²) in [5.41, 5.74) is 0.241. The number of carbonyl (C=O) groups excluding carboxylic acids is 1. The lowest BCUT2D eigenvalue weighted by atomic mass is 10.2. The highest BCUT2D eigenvalue weighted by Crippen LogP contribution is 2.31. The van der Waals surface area contributed by atoms with E-state index in [0.29, 0.717) is 4.68 Å². The van der Waals surface area contributed by atoms with Gasteiger partial charge in [-0.05, 0) is 41.6 Å². The molecule has 0 aliphatic rings. The van der Waals surface area contributed by atoms with Gasteiger partial charge in [-0.1, -0.05) is 6.07 Å². The van der Waals surface area contributed by atoms with Gasteiger partial charge in [-0.15, -0.1) is 5.10 Å². The van der Waals surface area contributed by atoms with Gasteiger partial charge in [0.25, 0.3) is 5.91 Å². The van der Waals surface area contributed by atoms with E-state index in [-0.39, 0.29) is 28.8 Å². The monoisotopic (exact) mass is 393 g/mol. The summed E-state index contributed by atoms with van der Waals surface area (Å²) in [6, 6.07) is 5.55. The van der Waals surface area contributed by atoms with Crippen LogP contribution in [0.4, 0.5) is 19.0 Å². The maximum absolute atomic E-state index is 13.0. The number of ether oxygens (including phenoxy) is 1. The van der Waals surface area contributed by atoms with E-state index in [1.807, 2.05) is 0 Å². The molecule has 28 heavy (non-hydrogen) atoms. The Labute approximate surface area is 156 Å². The van der Waals surface area contributed by atoms with Gasteiger partial charge in [0.05, 0.1) is 7.11 Å². The Morgan fingerprint density at radius 3 is 2.75 bits per heavy atom. The smallest absolute Gasteiger partial charge is 0.410 e. The van der Waals surface area contributed by atoms with E-state index in [9.17, 15) is 18.0 Å². The van der Waals surface area contributed by atoms with Gasteiger partial charge in [-0.25, -0.2) is 14.6 Å². The lowest BCUT2D eigenvalue weighted by molar-refractivity contribution is -0.165. The number of methoxy groups -OCH3 is 1. The Kier molecular flexibility index (Phi) is 5.20. The number of hydrogen-bond acceptors (Lipinski definition) is 7. The van der Waals surface area contributed by atoms with Crippen LogP contribution in [0.15, 0.2) is 36.5 Å². The van der Waals surface area contributed by atoms with Crippen LogP contribution in [0.1, 0.15) is 23.3 Å². The molecule has 9 nitrogen and oxygen atoms in total. The molecule has 3 aromatic heterocycles. The molecule has 1 N–H and O–H groups in total. The molecule has 0 bridgehead atoms. The molecule has 0 radical (unpaired) electrons. The Hall–Kier alpha value is -3.57. The molecule has 0 saturated carbocycles. The topological polar surface area (TPSA) is 108 Å². The Morgan fingerprint density at radius 1 is 1.25 bits per heavy atom. The molecule has 0 aliphatic carbocycles. The molecule has 3 aromatic rings. The molecular weight excluding hydrogens is 379 g/mol. The van der Waals surface area contributed by atoms with E-state index < -0.39 is 18.1 Å². The lowest BCUT2D eigenvalue weighted by Gasteiger charge is -2.16. The summed E-state index contributed by atoms with van der Waals surface area (Å²) in [5, 5.41) is 12.9. The van der Waals surface area contributed by atoms with Crippen molar-refractivity contribution >= 4 is 11.7 Å². The fraction of sp³-hybridized carbons (Fsp3) is 0.250. The number of nitrogens with zero attached hydrogens (tertiary/aromatic N) is 6. The van der Waals surface area contributed by atoms with Gasteiger partial charge in [0, 0.05) is 6.20 Å². The summed E-state index contributed by atoms with van der Waals surface area (Å²) in [7, 11) is 1.37. The molecule has 1 atom stereocenters. The quantitative estimate of drug-likeness (QED) is 0.710. The number of alkyl halides is 3. The van der Waals surface area contributed by atoms with Crippen molar-refractivity contribution < 1.29 is 22.7 Å². The molecule has 146 valence electrons. The van der Waals surface area contributed by atoms with E-state index in [2.05, 4.69) is 30.8 Å². The maximum atomic E-state index is 13.0. The van der Waals surface area contributed by atoms with E-state index in [1.165, 1.54) is 37.6 Å². The summed E-state index contributed by atoms with van der Waals surface area (Å²) in [5.74, 6) is -0.501. The fourth-order valence-electron chi connectivity index (χ4n) is 2.30. The predicted octanol–water partition coefficient (Wildman–Crippen LogP) is 2.51. The third-order valence-corrected chi connectivity index (χ3v) is 3.76. The van der Waals surface area contributed by atoms with Crippen molar-refractivity contribution in [1.29, 1.82) is 0 Å². The summed E-state index contributed by atoms with van der Waals surface area (Å²) in [4.78, 5) is 20.5. The number of nitrogens with one attached hydrogen (secondary N) is 1. The van der Waals surface area contributed by atoms with E-state index in [0.717, 1.165) is 6.92 Å². The van der Waals surface area contributed by atoms with Crippen molar-refractivity contribution in [2.75, 3.05) is 12.4 Å². The first-order valence-electron chi connectivity index (χ1n) is 7.93. The zero-order valence-corrected chi connectivity index (χ0v) is 14.7. The maximum Gasteiger partial charge on any atom is 0.410 e. The van der Waals surface area contributed by atoms with Crippen LogP contribution >= 0.6 is 0 Å². The third-order valence-electron chi connectivity index (χ3n) is 3.76. The van der Waals surface area contributed by atoms with E-state index in [1.54, 1.807) is 6.07 Å². The first-order chi connectivity index (χ1) is 13.3. The van der Waals surface area contributed by atoms with Crippen LogP contribution in [0.5, 0.6) is 5.88 Å². The number of pyridine rings is 2. The normalized spacial score (nSPS) is 12.5. The van der Waals surface area contributed by atoms with Gasteiger partial charge in [0.1, 0.15) is 23.1 Å². The SMILES string of the molecule is COc1ncccc1C(=O)Nc1cccc(-c2nnnn2C(C)C(F)(F)F)n1. The van der Waals surface area contributed by atoms with Crippen LogP contribution < -0.4 is 10.1 Å². The van der Waals surface area contributed by atoms with Gasteiger partial charge in [-0.2, -0.15) is 13.2 Å². The van der Waals surface area contributed by atoms with Gasteiger partial charge < -0.3 is 10.1 Å². The lowest BCUT2D eigenvalue weighted by Crippen LogP contribution is -2.25. The second kappa shape index (κ2) is 7.58. The first-order valence-corrected chi connectivity index (χ1v) is 7.93. The van der Waals surface area contributed by atoms with Crippen LogP contribution in [0.25, 0.3) is 11.5 Å². The summed E-state index contributed by atoms with van der Waals surface area (Å²) in [6.07, 6.45) is -3.07. The summed E-state index contributed by atoms with van der Waals surface area (Å²) >= 11 is 0. The molecule has 12 heteroatoms. The first kappa shape index (κ1) is 19.2. The van der Waals surface area contributed by atoms with E-state index >= 15 is 0 Å². The van der Waals surface area contributed by atoms with Crippen molar-refractivity contribution in [3.63, 3.8) is 0 Å². The van der Waals surface area contributed by atoms with Crippen LogP contribution in [-0.2, 0) is 0 Å². The average molecular weight is 393 g/mol. The number of aromatic nitrogens is 6. The fourth-order valence-corrected chi connectivity index (χ4v) is 2.30. The minimum Gasteiger partial charge on any atom is -0.480 e. The van der Waals surface area contributed by atoms with Gasteiger partial charge in [0.15, 0.2) is 0 Å². The average Bonchev–Trinajstić information content (AvgIpc) is 3.16. The van der Waals surface area contributed by atoms with Crippen LogP contribution in [0, 0.1) is 0 Å². The molecule has 0 spiro atoms. The Morgan fingerprint density at radius 2 is 2.04 bits per heavy atom. The van der Waals surface area contributed by atoms with Gasteiger partial charge >= 0.3 is 6.18 Å². The number of hydrogen-bond donors (Lipinski definition) is 1. The number of tetrazole rings is 1. The Balaban J connectivity index is 1.88. The van der Waals surface area contributed by atoms with Gasteiger partial charge in [0.2, 0.25) is 11.7 Å². The minimum atomic E-state index is -4.53. The predicted molar refractivity (Wildman–Crippen MR) is 90.6 cm³/mol. The highest BCUT2D eigenvalue weighted by molar-refractivity contribution is 6.05. The molecule has 0 aliphatic heterocycles. The molecule has 1 unspecified atom stereocenters. The number of rotatable bonds is 5. The second-order valence-corrected chi connectivity index (χ2v) is 5.59. The second-order valence-electron chi connectivity index (χ2n) is 5.59. The standard InChI is InChI=1S/C16H14F3N7O2/c1-9(16(17,18)19)26-13(23-24-25-26)11-6-3-7-12(21-11)22-14(27)10-5-4-8-20-15(10)28-2/h3-9H,1-2H3,(H,21,22,27). The highest BCUT2D eigenvalue weighted by atomic mass is 19.4. The van der Waals surface area contributed by atoms with Crippen molar-refractivity contribution in [3.8, 4) is 17.4 Å². The van der Waals surface area contributed by atoms with Crippen molar-refractivity contribution in [1.82, 2.24) is 30.2 Å². The molecule has 0 saturated heterocycles. The molecule has 1 amide bonds. The minimum absolute atomic E-state index is 0.0667. The van der Waals surface area contributed by atoms with Crippen molar-refractivity contribution in [3.05, 3.63) is 42.1 Å². The molecule has 3 heterocycles. The van der Waals surface area contributed by atoms with Crippen molar-refractivity contribution in [2.45, 2.75) is 19.1 Å². The zero-order chi connectivity index (χ0) is 20.3. The highest BCUT2D eigenvalue weighted by Gasteiger charge is 2.40. The molecule has 0 aromatic carbocycles. The summed E-state index contributed by atoms with van der Waals surface area (Å²) in [6.45, 7) is 0.931. The molecule has 0 fully saturated rings. The van der Waals surface area contributed by atoms with Gasteiger partial charge in [-0.3, -0.25) is 4.79 Å². The molecular formula is C16H14F3N7O2. The van der Waals surface area contributed by atoms with Crippen LogP contribution in [-0.4, -0.2) is 49.4 Å². The zero-order valence-electron chi connectivity index (χ0n) is 14.7. The van der Waals surface area contributed by atoms with E-state index in [4.69, 9.17) is 4.74 Å². The number of carbonyl (C=O) groups is 1. The number of halogens is 3. The molecule has 3 rings (SSSR count). The largest absolute Gasteiger partial charge is 0.480 e. The van der Waals surface area contributed by atoms with Crippen LogP contribution in [0.3, 0.4) is 0 Å². The Bertz CT molecular complexity index is 990. The summed E-state index contributed by atoms with van der Waals surface area (Å²) < 4.78 is 44.7. The number of amides is 1. The third kappa shape index (κ3) is 3.89. The van der Waals surface area contributed by atoms with Crippen molar-refractivity contribution in [2.24, 2.45) is 0 Å².